The van der Waals surface area contributed by atoms with E-state index >= 15 is 0 Å². The Bertz CT molecular complexity index is 2010. The van der Waals surface area contributed by atoms with Crippen molar-refractivity contribution in [1.82, 2.24) is 15.5 Å². The molecule has 1 unspecified atom stereocenters. The van der Waals surface area contributed by atoms with Crippen LogP contribution in [0.1, 0.15) is 58.6 Å². The molecular weight excluding hydrogens is 635 g/mol. The molecule has 6 aromatic rings. The molecular formula is C44H45N3O4. The molecule has 7 nitrogen and oxygen atoms in total. The number of nitrogens with zero attached hydrogens (tertiary/aromatic N) is 1. The van der Waals surface area contributed by atoms with Crippen LogP contribution in [0.15, 0.2) is 133 Å². The Kier molecular flexibility index (Phi) is 10.7. The van der Waals surface area contributed by atoms with Crippen molar-refractivity contribution in [2.75, 3.05) is 20.1 Å². The van der Waals surface area contributed by atoms with E-state index in [0.717, 1.165) is 34.4 Å². The van der Waals surface area contributed by atoms with Gasteiger partial charge in [0.2, 0.25) is 0 Å². The normalized spacial score (nSPS) is 19.0. The van der Waals surface area contributed by atoms with Gasteiger partial charge in [0.1, 0.15) is 0 Å². The first-order valence-electron chi connectivity index (χ1n) is 17.7. The Morgan fingerprint density at radius 3 is 1.96 bits per heavy atom. The van der Waals surface area contributed by atoms with Gasteiger partial charge in [-0.1, -0.05) is 127 Å². The zero-order chi connectivity index (χ0) is 35.2. The van der Waals surface area contributed by atoms with Crippen LogP contribution in [0.4, 0.5) is 4.79 Å². The average molecular weight is 680 g/mol. The topological polar surface area (TPSA) is 83.1 Å². The number of aliphatic hydroxyl groups excluding tert-OH is 1. The maximum absolute atomic E-state index is 12.0. The zero-order valence-electron chi connectivity index (χ0n) is 29.2. The van der Waals surface area contributed by atoms with E-state index in [1.54, 1.807) is 0 Å². The van der Waals surface area contributed by atoms with Gasteiger partial charge in [0, 0.05) is 37.7 Å². The summed E-state index contributed by atoms with van der Waals surface area (Å²) in [5, 5.41) is 20.4. The highest BCUT2D eigenvalue weighted by Crippen LogP contribution is 2.47. The molecule has 1 aliphatic rings. The zero-order valence-corrected chi connectivity index (χ0v) is 29.2. The number of hydrogen-bond acceptors (Lipinski definition) is 5. The standard InChI is InChI=1S/C44H45N3O4/c1-3-45-44(49)46-26-30-17-23-34(24-18-30)43-50-40(41(32-11-5-4-6-12-32)42(51-43)33-21-19-31(29-48)20-22-33)28-47(2)27-39-37-15-9-7-13-35(37)25-36-14-8-10-16-38(36)39/h4-25,40-43,48H,3,26-29H2,1-2H3,(H2,45,46,49)/t40-,41-,42+,43?/m1/s1. The molecule has 1 heterocycles. The second-order valence-electron chi connectivity index (χ2n) is 13.3. The van der Waals surface area contributed by atoms with Crippen LogP contribution in [-0.2, 0) is 29.2 Å². The molecule has 3 N–H and O–H groups in total. The van der Waals surface area contributed by atoms with E-state index in [4.69, 9.17) is 9.47 Å². The highest BCUT2D eigenvalue weighted by Gasteiger charge is 2.42. The van der Waals surface area contributed by atoms with Crippen LogP contribution in [0.3, 0.4) is 0 Å². The smallest absolute Gasteiger partial charge is 0.315 e. The first kappa shape index (κ1) is 34.4. The lowest BCUT2D eigenvalue weighted by Crippen LogP contribution is -2.43. The maximum Gasteiger partial charge on any atom is 0.315 e. The van der Waals surface area contributed by atoms with E-state index in [-0.39, 0.29) is 30.8 Å². The second kappa shape index (κ2) is 15.9. The minimum Gasteiger partial charge on any atom is -0.392 e. The summed E-state index contributed by atoms with van der Waals surface area (Å²) in [6.45, 7) is 4.28. The lowest BCUT2D eigenvalue weighted by Gasteiger charge is -2.44. The number of nitrogens with one attached hydrogen (secondary N) is 2. The van der Waals surface area contributed by atoms with Crippen LogP contribution in [0, 0.1) is 0 Å². The third-order valence-electron chi connectivity index (χ3n) is 9.82. The van der Waals surface area contributed by atoms with Crippen molar-refractivity contribution in [1.29, 1.82) is 0 Å². The number of ether oxygens (including phenoxy) is 2. The summed E-state index contributed by atoms with van der Waals surface area (Å²) in [5.74, 6) is -0.102. The van der Waals surface area contributed by atoms with Gasteiger partial charge in [-0.3, -0.25) is 4.90 Å². The Morgan fingerprint density at radius 2 is 1.31 bits per heavy atom. The summed E-state index contributed by atoms with van der Waals surface area (Å²) in [6, 6.07) is 46.0. The first-order chi connectivity index (χ1) is 25.0. The van der Waals surface area contributed by atoms with Crippen molar-refractivity contribution in [3.8, 4) is 0 Å². The number of benzene rings is 6. The molecule has 6 aromatic carbocycles. The summed E-state index contributed by atoms with van der Waals surface area (Å²) in [4.78, 5) is 14.4. The molecule has 51 heavy (non-hydrogen) atoms. The SMILES string of the molecule is CCNC(=O)NCc1ccc(C2O[C@H](CN(C)Cc3c4ccccc4cc4ccccc34)[C@@H](c3ccccc3)[C@H](c3ccc(CO)cc3)O2)cc1. The largest absolute Gasteiger partial charge is 0.392 e. The van der Waals surface area contributed by atoms with E-state index in [0.29, 0.717) is 19.6 Å². The van der Waals surface area contributed by atoms with E-state index in [2.05, 4.69) is 114 Å². The molecule has 0 aromatic heterocycles. The van der Waals surface area contributed by atoms with Crippen LogP contribution in [-0.4, -0.2) is 42.3 Å². The fourth-order valence-corrected chi connectivity index (χ4v) is 7.28. The summed E-state index contributed by atoms with van der Waals surface area (Å²) in [7, 11) is 2.17. The van der Waals surface area contributed by atoms with Gasteiger partial charge in [0.15, 0.2) is 6.29 Å². The third kappa shape index (κ3) is 7.82. The van der Waals surface area contributed by atoms with Crippen LogP contribution in [0.25, 0.3) is 21.5 Å². The lowest BCUT2D eigenvalue weighted by molar-refractivity contribution is -0.263. The number of amides is 2. The number of aliphatic hydroxyl groups is 1. The molecule has 1 saturated heterocycles. The third-order valence-corrected chi connectivity index (χ3v) is 9.82. The molecule has 7 heteroatoms. The number of hydrogen-bond donors (Lipinski definition) is 3. The molecule has 0 spiro atoms. The van der Waals surface area contributed by atoms with Gasteiger partial charge in [-0.05, 0) is 69.4 Å². The van der Waals surface area contributed by atoms with E-state index in [1.807, 2.05) is 49.4 Å². The van der Waals surface area contributed by atoms with Gasteiger partial charge in [0.05, 0.1) is 18.8 Å². The van der Waals surface area contributed by atoms with E-state index in [1.165, 1.54) is 27.1 Å². The number of urea groups is 1. The van der Waals surface area contributed by atoms with Gasteiger partial charge >= 0.3 is 6.03 Å². The van der Waals surface area contributed by atoms with Crippen molar-refractivity contribution in [2.24, 2.45) is 0 Å². The molecule has 1 fully saturated rings. The van der Waals surface area contributed by atoms with Crippen LogP contribution in [0.2, 0.25) is 0 Å². The second-order valence-corrected chi connectivity index (χ2v) is 13.3. The molecule has 0 bridgehead atoms. The van der Waals surface area contributed by atoms with Gasteiger partial charge < -0.3 is 25.2 Å². The summed E-state index contributed by atoms with van der Waals surface area (Å²) in [6.07, 6.45) is -1.15. The van der Waals surface area contributed by atoms with Gasteiger partial charge in [-0.2, -0.15) is 0 Å². The fourth-order valence-electron chi connectivity index (χ4n) is 7.28. The van der Waals surface area contributed by atoms with Crippen LogP contribution in [0.5, 0.6) is 0 Å². The summed E-state index contributed by atoms with van der Waals surface area (Å²) in [5.41, 5.74) is 6.23. The van der Waals surface area contributed by atoms with Crippen molar-refractivity contribution < 1.29 is 19.4 Å². The van der Waals surface area contributed by atoms with Crippen molar-refractivity contribution in [3.63, 3.8) is 0 Å². The van der Waals surface area contributed by atoms with Crippen molar-refractivity contribution >= 4 is 27.6 Å². The summed E-state index contributed by atoms with van der Waals surface area (Å²) < 4.78 is 13.9. The van der Waals surface area contributed by atoms with E-state index in [9.17, 15) is 9.90 Å². The number of fused-ring (bicyclic) bond motifs is 2. The molecule has 1 aliphatic heterocycles. The summed E-state index contributed by atoms with van der Waals surface area (Å²) >= 11 is 0. The number of rotatable bonds is 11. The highest BCUT2D eigenvalue weighted by molar-refractivity contribution is 6.02. The van der Waals surface area contributed by atoms with Gasteiger partial charge in [0.25, 0.3) is 0 Å². The molecule has 2 amide bonds. The molecule has 7 rings (SSSR count). The molecule has 4 atom stereocenters. The average Bonchev–Trinajstić information content (AvgIpc) is 3.17. The minimum absolute atomic E-state index is 0.0166. The first-order valence-corrected chi connectivity index (χ1v) is 17.7. The Labute approximate surface area is 299 Å². The van der Waals surface area contributed by atoms with Crippen LogP contribution >= 0.6 is 0 Å². The number of likely N-dealkylation sites (N-methyl/N-ethyl adjacent to an activating group) is 1. The quantitative estimate of drug-likeness (QED) is 0.120. The Balaban J connectivity index is 1.23. The number of carbonyl (C=O) groups excluding carboxylic acids is 1. The Morgan fingerprint density at radius 1 is 0.706 bits per heavy atom. The molecule has 0 saturated carbocycles. The van der Waals surface area contributed by atoms with Crippen molar-refractivity contribution in [3.05, 3.63) is 167 Å². The fraction of sp³-hybridized carbons (Fsp3) is 0.250. The predicted octanol–water partition coefficient (Wildman–Crippen LogP) is 8.38. The maximum atomic E-state index is 12.0. The molecule has 260 valence electrons. The Hall–Kier alpha value is -5.05. The lowest BCUT2D eigenvalue weighted by atomic mass is 9.83. The van der Waals surface area contributed by atoms with Crippen LogP contribution < -0.4 is 10.6 Å². The monoisotopic (exact) mass is 679 g/mol. The van der Waals surface area contributed by atoms with Gasteiger partial charge in [-0.25, -0.2) is 4.79 Å². The van der Waals surface area contributed by atoms with Crippen molar-refractivity contribution in [2.45, 2.75) is 51.0 Å². The van der Waals surface area contributed by atoms with Gasteiger partial charge in [-0.15, -0.1) is 0 Å². The minimum atomic E-state index is -0.616. The molecule has 0 radical (unpaired) electrons. The highest BCUT2D eigenvalue weighted by atomic mass is 16.7. The molecule has 0 aliphatic carbocycles. The van der Waals surface area contributed by atoms with E-state index < -0.39 is 6.29 Å². The number of carbonyl (C=O) groups is 1. The predicted molar refractivity (Wildman–Crippen MR) is 203 cm³/mol.